The number of carbonyl (C=O) groups is 2. The van der Waals surface area contributed by atoms with Gasteiger partial charge in [0.05, 0.1) is 47.8 Å². The number of aromatic amines is 2. The molecule has 8 heteroatoms. The number of nitrogens with one attached hydrogen (secondary N) is 2. The van der Waals surface area contributed by atoms with Gasteiger partial charge in [-0.15, -0.1) is 0 Å². The fraction of sp³-hybridized carbons (Fsp3) is 0.158. The quantitative estimate of drug-likeness (QED) is 0.402. The van der Waals surface area contributed by atoms with Gasteiger partial charge < -0.3 is 9.47 Å². The topological polar surface area (TPSA) is 110 Å². The molecule has 0 fully saturated rings. The summed E-state index contributed by atoms with van der Waals surface area (Å²) in [6.07, 6.45) is 3.78. The summed E-state index contributed by atoms with van der Waals surface area (Å²) in [6, 6.07) is 10.4. The van der Waals surface area contributed by atoms with E-state index in [1.54, 1.807) is 48.8 Å². The van der Waals surface area contributed by atoms with Gasteiger partial charge >= 0.3 is 11.9 Å². The van der Waals surface area contributed by atoms with Gasteiger partial charge in [-0.05, 0) is 24.3 Å². The third-order valence-electron chi connectivity index (χ3n) is 4.11. The molecule has 0 aliphatic rings. The van der Waals surface area contributed by atoms with Crippen molar-refractivity contribution in [2.45, 2.75) is 6.42 Å². The lowest BCUT2D eigenvalue weighted by Gasteiger charge is -2.07. The maximum atomic E-state index is 12.1. The van der Waals surface area contributed by atoms with Crippen molar-refractivity contribution in [2.75, 3.05) is 13.2 Å². The Bertz CT molecular complexity index is 1030. The standard InChI is InChI=1S/C19H16N4O4/c24-18(12-2-4-14-10-20-22-16(14)8-12)26-6-1-7-27-19(25)13-3-5-15-11-21-23-17(15)9-13/h2-5,8-11H,1,6-7H2,(H,20,22)(H,21,23). The smallest absolute Gasteiger partial charge is 0.338 e. The van der Waals surface area contributed by atoms with Crippen LogP contribution in [0.1, 0.15) is 27.1 Å². The summed E-state index contributed by atoms with van der Waals surface area (Å²) in [5.41, 5.74) is 2.42. The maximum absolute atomic E-state index is 12.1. The summed E-state index contributed by atoms with van der Waals surface area (Å²) in [6.45, 7) is 0.319. The summed E-state index contributed by atoms with van der Waals surface area (Å²) in [4.78, 5) is 24.1. The molecule has 0 amide bonds. The molecule has 0 spiro atoms. The fourth-order valence-electron chi connectivity index (χ4n) is 2.68. The van der Waals surface area contributed by atoms with Gasteiger partial charge in [0.15, 0.2) is 0 Å². The molecule has 4 rings (SSSR count). The van der Waals surface area contributed by atoms with E-state index >= 15 is 0 Å². The Labute approximate surface area is 153 Å². The first-order valence-electron chi connectivity index (χ1n) is 8.41. The van der Waals surface area contributed by atoms with E-state index < -0.39 is 11.9 Å². The van der Waals surface area contributed by atoms with Gasteiger partial charge in [0.1, 0.15) is 0 Å². The Morgan fingerprint density at radius 3 is 1.74 bits per heavy atom. The predicted octanol–water partition coefficient (Wildman–Crippen LogP) is 2.84. The average Bonchev–Trinajstić information content (AvgIpc) is 3.34. The highest BCUT2D eigenvalue weighted by Crippen LogP contribution is 2.15. The molecule has 0 aliphatic heterocycles. The minimum absolute atomic E-state index is 0.159. The largest absolute Gasteiger partial charge is 0.462 e. The first-order chi connectivity index (χ1) is 13.2. The minimum Gasteiger partial charge on any atom is -0.462 e. The zero-order chi connectivity index (χ0) is 18.6. The summed E-state index contributed by atoms with van der Waals surface area (Å²) < 4.78 is 10.4. The Morgan fingerprint density at radius 1 is 0.778 bits per heavy atom. The summed E-state index contributed by atoms with van der Waals surface area (Å²) >= 11 is 0. The van der Waals surface area contributed by atoms with Crippen LogP contribution in [0.5, 0.6) is 0 Å². The highest BCUT2D eigenvalue weighted by Gasteiger charge is 2.10. The zero-order valence-electron chi connectivity index (χ0n) is 14.3. The number of ether oxygens (including phenoxy) is 2. The van der Waals surface area contributed by atoms with Gasteiger partial charge in [-0.3, -0.25) is 10.2 Å². The molecule has 0 unspecified atom stereocenters. The molecule has 0 aliphatic carbocycles. The SMILES string of the molecule is O=C(OCCCOC(=O)c1ccc2cn[nH]c2c1)c1ccc2cn[nH]c2c1. The van der Waals surface area contributed by atoms with Crippen molar-refractivity contribution >= 4 is 33.7 Å². The molecular weight excluding hydrogens is 348 g/mol. The van der Waals surface area contributed by atoms with Crippen LogP contribution in [0.4, 0.5) is 0 Å². The second-order valence-electron chi connectivity index (χ2n) is 5.97. The normalized spacial score (nSPS) is 11.0. The van der Waals surface area contributed by atoms with Crippen LogP contribution >= 0.6 is 0 Å². The third-order valence-corrected chi connectivity index (χ3v) is 4.11. The maximum Gasteiger partial charge on any atom is 0.338 e. The van der Waals surface area contributed by atoms with E-state index in [1.165, 1.54) is 0 Å². The Hall–Kier alpha value is -3.68. The molecule has 0 saturated carbocycles. The molecule has 0 saturated heterocycles. The van der Waals surface area contributed by atoms with Crippen LogP contribution in [0.2, 0.25) is 0 Å². The van der Waals surface area contributed by atoms with Crippen molar-refractivity contribution in [3.63, 3.8) is 0 Å². The van der Waals surface area contributed by atoms with Gasteiger partial charge in [0.2, 0.25) is 0 Å². The molecular formula is C19H16N4O4. The number of H-pyrrole nitrogens is 2. The Morgan fingerprint density at radius 2 is 1.26 bits per heavy atom. The van der Waals surface area contributed by atoms with Crippen molar-refractivity contribution in [3.05, 3.63) is 59.9 Å². The first-order valence-corrected chi connectivity index (χ1v) is 8.41. The predicted molar refractivity (Wildman–Crippen MR) is 97.4 cm³/mol. The molecule has 0 radical (unpaired) electrons. The van der Waals surface area contributed by atoms with E-state index in [0.29, 0.717) is 17.5 Å². The van der Waals surface area contributed by atoms with E-state index in [-0.39, 0.29) is 13.2 Å². The summed E-state index contributed by atoms with van der Waals surface area (Å²) in [7, 11) is 0. The highest BCUT2D eigenvalue weighted by molar-refractivity contribution is 5.94. The van der Waals surface area contributed by atoms with Gasteiger partial charge in [0.25, 0.3) is 0 Å². The van der Waals surface area contributed by atoms with Crippen molar-refractivity contribution < 1.29 is 19.1 Å². The molecule has 2 N–H and O–H groups in total. The van der Waals surface area contributed by atoms with Gasteiger partial charge in [-0.1, -0.05) is 12.1 Å². The van der Waals surface area contributed by atoms with Gasteiger partial charge in [-0.25, -0.2) is 9.59 Å². The van der Waals surface area contributed by atoms with Crippen LogP contribution in [-0.2, 0) is 9.47 Å². The van der Waals surface area contributed by atoms with Gasteiger partial charge in [0, 0.05) is 17.2 Å². The van der Waals surface area contributed by atoms with Crippen LogP contribution in [0.25, 0.3) is 21.8 Å². The van der Waals surface area contributed by atoms with Crippen LogP contribution in [0.15, 0.2) is 48.8 Å². The van der Waals surface area contributed by atoms with Crippen LogP contribution in [-0.4, -0.2) is 45.5 Å². The Kier molecular flexibility index (Phi) is 4.52. The van der Waals surface area contributed by atoms with Gasteiger partial charge in [-0.2, -0.15) is 10.2 Å². The molecule has 2 aromatic heterocycles. The van der Waals surface area contributed by atoms with Crippen molar-refractivity contribution in [1.82, 2.24) is 20.4 Å². The number of esters is 2. The van der Waals surface area contributed by atoms with Crippen LogP contribution in [0.3, 0.4) is 0 Å². The number of benzene rings is 2. The number of rotatable bonds is 6. The molecule has 0 atom stereocenters. The van der Waals surface area contributed by atoms with E-state index in [2.05, 4.69) is 20.4 Å². The third kappa shape index (κ3) is 3.64. The lowest BCUT2D eigenvalue weighted by Crippen LogP contribution is -2.11. The lowest BCUT2D eigenvalue weighted by molar-refractivity contribution is 0.0396. The van der Waals surface area contributed by atoms with Crippen molar-refractivity contribution in [3.8, 4) is 0 Å². The number of hydrogen-bond acceptors (Lipinski definition) is 6. The second kappa shape index (κ2) is 7.28. The molecule has 2 heterocycles. The molecule has 27 heavy (non-hydrogen) atoms. The molecule has 8 nitrogen and oxygen atoms in total. The number of fused-ring (bicyclic) bond motifs is 2. The summed E-state index contributed by atoms with van der Waals surface area (Å²) in [5, 5.41) is 15.3. The first kappa shape index (κ1) is 16.8. The van der Waals surface area contributed by atoms with Crippen LogP contribution in [0, 0.1) is 0 Å². The molecule has 136 valence electrons. The lowest BCUT2D eigenvalue weighted by atomic mass is 10.2. The fourth-order valence-corrected chi connectivity index (χ4v) is 2.68. The number of hydrogen-bond donors (Lipinski definition) is 2. The number of nitrogens with zero attached hydrogens (tertiary/aromatic N) is 2. The van der Waals surface area contributed by atoms with Crippen molar-refractivity contribution in [2.24, 2.45) is 0 Å². The van der Waals surface area contributed by atoms with E-state index in [0.717, 1.165) is 21.8 Å². The van der Waals surface area contributed by atoms with E-state index in [4.69, 9.17) is 9.47 Å². The van der Waals surface area contributed by atoms with E-state index in [9.17, 15) is 9.59 Å². The molecule has 0 bridgehead atoms. The highest BCUT2D eigenvalue weighted by atomic mass is 16.5. The van der Waals surface area contributed by atoms with Crippen LogP contribution < -0.4 is 0 Å². The number of carbonyl (C=O) groups excluding carboxylic acids is 2. The second-order valence-corrected chi connectivity index (χ2v) is 5.97. The molecule has 2 aromatic carbocycles. The summed E-state index contributed by atoms with van der Waals surface area (Å²) in [5.74, 6) is -0.856. The van der Waals surface area contributed by atoms with E-state index in [1.807, 2.05) is 0 Å². The zero-order valence-corrected chi connectivity index (χ0v) is 14.3. The minimum atomic E-state index is -0.428. The Balaban J connectivity index is 1.23. The molecule has 4 aromatic rings. The monoisotopic (exact) mass is 364 g/mol. The average molecular weight is 364 g/mol. The van der Waals surface area contributed by atoms with Crippen molar-refractivity contribution in [1.29, 1.82) is 0 Å². The number of aromatic nitrogens is 4.